The molecule has 1 aliphatic rings. The van der Waals surface area contributed by atoms with Gasteiger partial charge < -0.3 is 9.63 Å². The fourth-order valence-electron chi connectivity index (χ4n) is 2.32. The maximum atomic E-state index is 9.91. The van der Waals surface area contributed by atoms with E-state index < -0.39 is 5.60 Å². The van der Waals surface area contributed by atoms with Crippen LogP contribution in [0.15, 0.2) is 28.1 Å². The smallest absolute Gasteiger partial charge is 0.177 e. The number of aliphatic hydroxyl groups is 1. The van der Waals surface area contributed by atoms with E-state index in [1.165, 1.54) is 0 Å². The van der Waals surface area contributed by atoms with E-state index in [1.807, 2.05) is 30.5 Å². The average Bonchev–Trinajstić information content (AvgIpc) is 2.99. The van der Waals surface area contributed by atoms with Gasteiger partial charge in [-0.3, -0.25) is 4.90 Å². The molecule has 1 saturated heterocycles. The number of β-amino-alcohol motifs (C(OH)–C–C–N with tert-alkyl or cyclic N) is 1. The van der Waals surface area contributed by atoms with Crippen LogP contribution in [-0.4, -0.2) is 33.9 Å². The van der Waals surface area contributed by atoms with Gasteiger partial charge in [0, 0.05) is 25.7 Å². The number of aromatic nitrogens is 1. The molecule has 3 heterocycles. The Labute approximate surface area is 110 Å². The van der Waals surface area contributed by atoms with Gasteiger partial charge in [0.1, 0.15) is 0 Å². The maximum absolute atomic E-state index is 9.91. The Morgan fingerprint density at radius 2 is 2.50 bits per heavy atom. The zero-order valence-corrected chi connectivity index (χ0v) is 11.1. The Morgan fingerprint density at radius 1 is 1.61 bits per heavy atom. The SMILES string of the molecule is CC1(O)CCN(Cc2cc(-c3cccs3)on2)C1. The highest BCUT2D eigenvalue weighted by Crippen LogP contribution is 2.27. The summed E-state index contributed by atoms with van der Waals surface area (Å²) in [5.74, 6) is 0.825. The molecule has 1 fully saturated rings. The van der Waals surface area contributed by atoms with E-state index in [1.54, 1.807) is 11.3 Å². The predicted octanol–water partition coefficient (Wildman–Crippen LogP) is 2.36. The zero-order chi connectivity index (χ0) is 12.6. The lowest BCUT2D eigenvalue weighted by Crippen LogP contribution is -2.29. The van der Waals surface area contributed by atoms with Crippen molar-refractivity contribution in [2.75, 3.05) is 13.1 Å². The molecule has 2 aromatic heterocycles. The van der Waals surface area contributed by atoms with Gasteiger partial charge in [0.15, 0.2) is 5.76 Å². The average molecular weight is 264 g/mol. The van der Waals surface area contributed by atoms with Crippen molar-refractivity contribution >= 4 is 11.3 Å². The summed E-state index contributed by atoms with van der Waals surface area (Å²) < 4.78 is 5.34. The Kier molecular flexibility index (Phi) is 2.97. The van der Waals surface area contributed by atoms with Crippen LogP contribution in [0.1, 0.15) is 19.0 Å². The van der Waals surface area contributed by atoms with E-state index in [0.29, 0.717) is 6.54 Å². The van der Waals surface area contributed by atoms with Crippen LogP contribution in [0.3, 0.4) is 0 Å². The van der Waals surface area contributed by atoms with Crippen molar-refractivity contribution in [1.82, 2.24) is 10.1 Å². The minimum absolute atomic E-state index is 0.555. The highest BCUT2D eigenvalue weighted by Gasteiger charge is 2.31. The lowest BCUT2D eigenvalue weighted by atomic mass is 10.1. The molecule has 96 valence electrons. The van der Waals surface area contributed by atoms with Crippen molar-refractivity contribution in [2.45, 2.75) is 25.5 Å². The van der Waals surface area contributed by atoms with Gasteiger partial charge in [0.25, 0.3) is 0 Å². The van der Waals surface area contributed by atoms with E-state index in [2.05, 4.69) is 10.1 Å². The van der Waals surface area contributed by atoms with Crippen molar-refractivity contribution < 1.29 is 9.63 Å². The van der Waals surface area contributed by atoms with Crippen molar-refractivity contribution in [1.29, 1.82) is 0 Å². The van der Waals surface area contributed by atoms with Gasteiger partial charge in [-0.25, -0.2) is 0 Å². The Bertz CT molecular complexity index is 519. The fraction of sp³-hybridized carbons (Fsp3) is 0.462. The van der Waals surface area contributed by atoms with Crippen LogP contribution in [-0.2, 0) is 6.54 Å². The first-order chi connectivity index (χ1) is 8.62. The molecule has 1 N–H and O–H groups in total. The molecule has 0 spiro atoms. The highest BCUT2D eigenvalue weighted by atomic mass is 32.1. The van der Waals surface area contributed by atoms with E-state index in [-0.39, 0.29) is 0 Å². The van der Waals surface area contributed by atoms with E-state index >= 15 is 0 Å². The molecule has 0 bridgehead atoms. The number of rotatable bonds is 3. The van der Waals surface area contributed by atoms with Crippen molar-refractivity contribution in [3.8, 4) is 10.6 Å². The molecule has 0 aromatic carbocycles. The van der Waals surface area contributed by atoms with Crippen LogP contribution in [0, 0.1) is 0 Å². The molecule has 4 nitrogen and oxygen atoms in total. The summed E-state index contributed by atoms with van der Waals surface area (Å²) in [6, 6.07) is 6.01. The summed E-state index contributed by atoms with van der Waals surface area (Å²) >= 11 is 1.64. The first kappa shape index (κ1) is 11.9. The minimum atomic E-state index is -0.555. The van der Waals surface area contributed by atoms with E-state index in [9.17, 15) is 5.11 Å². The van der Waals surface area contributed by atoms with E-state index in [4.69, 9.17) is 4.52 Å². The topological polar surface area (TPSA) is 49.5 Å². The van der Waals surface area contributed by atoms with Crippen LogP contribution >= 0.6 is 11.3 Å². The second kappa shape index (κ2) is 4.50. The molecule has 5 heteroatoms. The zero-order valence-electron chi connectivity index (χ0n) is 10.3. The third kappa shape index (κ3) is 2.48. The monoisotopic (exact) mass is 264 g/mol. The van der Waals surface area contributed by atoms with Crippen LogP contribution in [0.25, 0.3) is 10.6 Å². The Morgan fingerprint density at radius 3 is 3.17 bits per heavy atom. The van der Waals surface area contributed by atoms with Crippen LogP contribution in [0.5, 0.6) is 0 Å². The lowest BCUT2D eigenvalue weighted by molar-refractivity contribution is 0.0676. The van der Waals surface area contributed by atoms with Gasteiger partial charge in [-0.2, -0.15) is 0 Å². The normalized spacial score (nSPS) is 24.8. The molecule has 18 heavy (non-hydrogen) atoms. The summed E-state index contributed by atoms with van der Waals surface area (Å²) in [5.41, 5.74) is 0.372. The number of thiophene rings is 1. The molecular formula is C13H16N2O2S. The van der Waals surface area contributed by atoms with E-state index in [0.717, 1.165) is 35.8 Å². The maximum Gasteiger partial charge on any atom is 0.177 e. The Balaban J connectivity index is 1.68. The fourth-order valence-corrected chi connectivity index (χ4v) is 3.00. The minimum Gasteiger partial charge on any atom is -0.389 e. The van der Waals surface area contributed by atoms with Crippen molar-refractivity contribution in [2.24, 2.45) is 0 Å². The number of hydrogen-bond donors (Lipinski definition) is 1. The van der Waals surface area contributed by atoms with Gasteiger partial charge >= 0.3 is 0 Å². The molecular weight excluding hydrogens is 248 g/mol. The first-order valence-electron chi connectivity index (χ1n) is 6.07. The second-order valence-electron chi connectivity index (χ2n) is 5.12. The van der Waals surface area contributed by atoms with Crippen LogP contribution in [0.4, 0.5) is 0 Å². The van der Waals surface area contributed by atoms with Gasteiger partial charge in [0.05, 0.1) is 16.2 Å². The van der Waals surface area contributed by atoms with Crippen LogP contribution in [0.2, 0.25) is 0 Å². The van der Waals surface area contributed by atoms with Gasteiger partial charge in [-0.1, -0.05) is 11.2 Å². The summed E-state index contributed by atoms with van der Waals surface area (Å²) in [5, 5.41) is 16.0. The number of nitrogens with zero attached hydrogens (tertiary/aromatic N) is 2. The highest BCUT2D eigenvalue weighted by molar-refractivity contribution is 7.13. The number of likely N-dealkylation sites (tertiary alicyclic amines) is 1. The molecule has 0 radical (unpaired) electrons. The summed E-state index contributed by atoms with van der Waals surface area (Å²) in [7, 11) is 0. The molecule has 0 aliphatic carbocycles. The summed E-state index contributed by atoms with van der Waals surface area (Å²) in [6.45, 7) is 4.24. The first-order valence-corrected chi connectivity index (χ1v) is 6.95. The molecule has 0 saturated carbocycles. The molecule has 1 aliphatic heterocycles. The summed E-state index contributed by atoms with van der Waals surface area (Å²) in [4.78, 5) is 3.30. The van der Waals surface area contributed by atoms with Gasteiger partial charge in [-0.05, 0) is 24.8 Å². The number of hydrogen-bond acceptors (Lipinski definition) is 5. The third-order valence-corrected chi connectivity index (χ3v) is 4.12. The lowest BCUT2D eigenvalue weighted by Gasteiger charge is -2.17. The molecule has 1 unspecified atom stereocenters. The second-order valence-corrected chi connectivity index (χ2v) is 6.07. The largest absolute Gasteiger partial charge is 0.389 e. The Hall–Kier alpha value is -1.17. The molecule has 3 rings (SSSR count). The third-order valence-electron chi connectivity index (χ3n) is 3.24. The quantitative estimate of drug-likeness (QED) is 0.924. The standard InChI is InChI=1S/C13H16N2O2S/c1-13(16)4-5-15(9-13)8-10-7-11(17-14-10)12-3-2-6-18-12/h2-3,6-7,16H,4-5,8-9H2,1H3. The molecule has 0 amide bonds. The predicted molar refractivity (Wildman–Crippen MR) is 70.3 cm³/mol. The van der Waals surface area contributed by atoms with Crippen LogP contribution < -0.4 is 0 Å². The van der Waals surface area contributed by atoms with Gasteiger partial charge in [-0.15, -0.1) is 11.3 Å². The van der Waals surface area contributed by atoms with Gasteiger partial charge in [0.2, 0.25) is 0 Å². The van der Waals surface area contributed by atoms with Crippen molar-refractivity contribution in [3.63, 3.8) is 0 Å². The molecule has 2 aromatic rings. The van der Waals surface area contributed by atoms with Crippen molar-refractivity contribution in [3.05, 3.63) is 29.3 Å². The summed E-state index contributed by atoms with van der Waals surface area (Å²) in [6.07, 6.45) is 0.822. The molecule has 1 atom stereocenters.